The summed E-state index contributed by atoms with van der Waals surface area (Å²) in [4.78, 5) is 4.09. The number of nitrogens with zero attached hydrogens (tertiary/aromatic N) is 1. The third kappa shape index (κ3) is 2.56. The summed E-state index contributed by atoms with van der Waals surface area (Å²) in [6.07, 6.45) is 0.884. The van der Waals surface area contributed by atoms with E-state index in [1.807, 2.05) is 25.1 Å². The first-order chi connectivity index (χ1) is 9.65. The van der Waals surface area contributed by atoms with Crippen molar-refractivity contribution in [3.05, 3.63) is 51.8 Å². The van der Waals surface area contributed by atoms with Crippen LogP contribution in [-0.2, 0) is 0 Å². The van der Waals surface area contributed by atoms with E-state index in [1.54, 1.807) is 6.07 Å². The number of fused-ring (bicyclic) bond motifs is 1. The molecule has 1 aromatic heterocycles. The van der Waals surface area contributed by atoms with Gasteiger partial charge in [-0.3, -0.25) is 0 Å². The third-order valence-corrected chi connectivity index (χ3v) is 3.89. The minimum Gasteiger partial charge on any atom is -0.493 e. The molecule has 1 aliphatic rings. The van der Waals surface area contributed by atoms with E-state index in [9.17, 15) is 0 Å². The molecule has 104 valence electrons. The van der Waals surface area contributed by atoms with E-state index in [0.717, 1.165) is 29.0 Å². The van der Waals surface area contributed by atoms with Crippen LogP contribution in [0.4, 0.5) is 5.69 Å². The molecule has 0 aliphatic carbocycles. The lowest BCUT2D eigenvalue weighted by atomic mass is 10.00. The van der Waals surface area contributed by atoms with Crippen molar-refractivity contribution in [2.75, 3.05) is 11.9 Å². The number of aromatic nitrogens is 1. The molecule has 3 rings (SSSR count). The Bertz CT molecular complexity index is 623. The lowest BCUT2D eigenvalue weighted by Crippen LogP contribution is -2.21. The van der Waals surface area contributed by atoms with Crippen LogP contribution in [0.15, 0.2) is 30.3 Å². The number of anilines is 1. The van der Waals surface area contributed by atoms with Crippen molar-refractivity contribution in [2.24, 2.45) is 0 Å². The van der Waals surface area contributed by atoms with Gasteiger partial charge in [0.15, 0.2) is 5.15 Å². The predicted molar refractivity (Wildman–Crippen MR) is 81.9 cm³/mol. The summed E-state index contributed by atoms with van der Waals surface area (Å²) in [6.45, 7) is 2.65. The standard InChI is InChI=1S/C15H14Cl2N2O/c1-9-8-13(16)19-15(17)14(9)18-11-6-7-20-12-5-3-2-4-10(11)12/h2-5,8,11,18H,6-7H2,1H3. The van der Waals surface area contributed by atoms with Crippen LogP contribution in [-0.4, -0.2) is 11.6 Å². The van der Waals surface area contributed by atoms with Gasteiger partial charge in [0.1, 0.15) is 10.9 Å². The lowest BCUT2D eigenvalue weighted by Gasteiger charge is -2.28. The molecule has 0 fully saturated rings. The van der Waals surface area contributed by atoms with Gasteiger partial charge in [-0.1, -0.05) is 41.4 Å². The summed E-state index contributed by atoms with van der Waals surface area (Å²) in [5.41, 5.74) is 2.96. The van der Waals surface area contributed by atoms with E-state index in [1.165, 1.54) is 0 Å². The highest BCUT2D eigenvalue weighted by Crippen LogP contribution is 2.36. The van der Waals surface area contributed by atoms with Crippen molar-refractivity contribution < 1.29 is 4.74 Å². The van der Waals surface area contributed by atoms with E-state index >= 15 is 0 Å². The minimum absolute atomic E-state index is 0.166. The maximum atomic E-state index is 6.19. The van der Waals surface area contributed by atoms with E-state index in [2.05, 4.69) is 16.4 Å². The Morgan fingerprint density at radius 2 is 2.10 bits per heavy atom. The fourth-order valence-electron chi connectivity index (χ4n) is 2.44. The van der Waals surface area contributed by atoms with Gasteiger partial charge in [-0.2, -0.15) is 0 Å². The molecule has 0 radical (unpaired) electrons. The van der Waals surface area contributed by atoms with E-state index < -0.39 is 0 Å². The highest BCUT2D eigenvalue weighted by molar-refractivity contribution is 6.34. The second kappa shape index (κ2) is 5.51. The molecule has 2 aromatic rings. The maximum absolute atomic E-state index is 6.19. The molecule has 3 nitrogen and oxygen atoms in total. The molecule has 1 atom stereocenters. The summed E-state index contributed by atoms with van der Waals surface area (Å²) in [5, 5.41) is 4.28. The molecule has 0 amide bonds. The molecule has 1 N–H and O–H groups in total. The largest absolute Gasteiger partial charge is 0.493 e. The zero-order valence-corrected chi connectivity index (χ0v) is 12.5. The zero-order chi connectivity index (χ0) is 14.1. The van der Waals surface area contributed by atoms with Crippen molar-refractivity contribution in [3.63, 3.8) is 0 Å². The predicted octanol–water partition coefficient (Wildman–Crippen LogP) is 4.63. The van der Waals surface area contributed by atoms with E-state index in [4.69, 9.17) is 27.9 Å². The molecule has 0 spiro atoms. The third-order valence-electron chi connectivity index (χ3n) is 3.42. The SMILES string of the molecule is Cc1cc(Cl)nc(Cl)c1NC1CCOc2ccccc21. The highest BCUT2D eigenvalue weighted by atomic mass is 35.5. The molecule has 0 bridgehead atoms. The average molecular weight is 309 g/mol. The number of benzene rings is 1. The van der Waals surface area contributed by atoms with Gasteiger partial charge in [0.05, 0.1) is 18.3 Å². The van der Waals surface area contributed by atoms with Gasteiger partial charge in [0.2, 0.25) is 0 Å². The average Bonchev–Trinajstić information content (AvgIpc) is 2.43. The Kier molecular flexibility index (Phi) is 3.72. The Morgan fingerprint density at radius 3 is 2.90 bits per heavy atom. The van der Waals surface area contributed by atoms with Crippen LogP contribution in [0.5, 0.6) is 5.75 Å². The Balaban J connectivity index is 1.94. The summed E-state index contributed by atoms with van der Waals surface area (Å²) in [7, 11) is 0. The van der Waals surface area contributed by atoms with Gasteiger partial charge in [0.25, 0.3) is 0 Å². The van der Waals surface area contributed by atoms with Crippen LogP contribution in [0.3, 0.4) is 0 Å². The van der Waals surface area contributed by atoms with Crippen molar-refractivity contribution in [1.82, 2.24) is 4.98 Å². The van der Waals surface area contributed by atoms with E-state index in [-0.39, 0.29) is 6.04 Å². The topological polar surface area (TPSA) is 34.2 Å². The van der Waals surface area contributed by atoms with E-state index in [0.29, 0.717) is 16.9 Å². The number of halogens is 2. The molecular formula is C15H14Cl2N2O. The van der Waals surface area contributed by atoms with Crippen LogP contribution < -0.4 is 10.1 Å². The van der Waals surface area contributed by atoms with Crippen LogP contribution >= 0.6 is 23.2 Å². The second-order valence-electron chi connectivity index (χ2n) is 4.80. The first kappa shape index (κ1) is 13.5. The summed E-state index contributed by atoms with van der Waals surface area (Å²) in [6, 6.07) is 10.0. The number of ether oxygens (including phenoxy) is 1. The maximum Gasteiger partial charge on any atom is 0.154 e. The normalized spacial score (nSPS) is 17.2. The Hall–Kier alpha value is -1.45. The van der Waals surface area contributed by atoms with Gasteiger partial charge >= 0.3 is 0 Å². The number of hydrogen-bond donors (Lipinski definition) is 1. The Morgan fingerprint density at radius 1 is 1.30 bits per heavy atom. The number of aryl methyl sites for hydroxylation is 1. The fraction of sp³-hybridized carbons (Fsp3) is 0.267. The molecule has 1 unspecified atom stereocenters. The number of pyridine rings is 1. The quantitative estimate of drug-likeness (QED) is 0.821. The molecule has 1 aromatic carbocycles. The van der Waals surface area contributed by atoms with Gasteiger partial charge in [-0.25, -0.2) is 4.98 Å². The molecule has 2 heterocycles. The zero-order valence-electron chi connectivity index (χ0n) is 11.0. The second-order valence-corrected chi connectivity index (χ2v) is 5.54. The number of rotatable bonds is 2. The molecular weight excluding hydrogens is 295 g/mol. The number of nitrogens with one attached hydrogen (secondary N) is 1. The first-order valence-electron chi connectivity index (χ1n) is 6.46. The molecule has 20 heavy (non-hydrogen) atoms. The number of hydrogen-bond acceptors (Lipinski definition) is 3. The lowest BCUT2D eigenvalue weighted by molar-refractivity contribution is 0.274. The fourth-order valence-corrected chi connectivity index (χ4v) is 3.02. The van der Waals surface area contributed by atoms with Crippen LogP contribution in [0, 0.1) is 6.92 Å². The monoisotopic (exact) mass is 308 g/mol. The molecule has 5 heteroatoms. The van der Waals surface area contributed by atoms with Crippen molar-refractivity contribution in [2.45, 2.75) is 19.4 Å². The van der Waals surface area contributed by atoms with Gasteiger partial charge in [-0.05, 0) is 24.6 Å². The molecule has 1 aliphatic heterocycles. The summed E-state index contributed by atoms with van der Waals surface area (Å²) >= 11 is 12.1. The van der Waals surface area contributed by atoms with Gasteiger partial charge in [0, 0.05) is 12.0 Å². The van der Waals surface area contributed by atoms with Crippen LogP contribution in [0.2, 0.25) is 10.3 Å². The summed E-state index contributed by atoms with van der Waals surface area (Å²) < 4.78 is 5.66. The van der Waals surface area contributed by atoms with Crippen molar-refractivity contribution in [1.29, 1.82) is 0 Å². The highest BCUT2D eigenvalue weighted by Gasteiger charge is 2.22. The van der Waals surface area contributed by atoms with Crippen molar-refractivity contribution >= 4 is 28.9 Å². The Labute approximate surface area is 127 Å². The van der Waals surface area contributed by atoms with Crippen LogP contribution in [0.25, 0.3) is 0 Å². The van der Waals surface area contributed by atoms with Gasteiger partial charge < -0.3 is 10.1 Å². The number of para-hydroxylation sites is 1. The van der Waals surface area contributed by atoms with Crippen LogP contribution in [0.1, 0.15) is 23.6 Å². The van der Waals surface area contributed by atoms with Crippen molar-refractivity contribution in [3.8, 4) is 5.75 Å². The minimum atomic E-state index is 0.166. The summed E-state index contributed by atoms with van der Waals surface area (Å²) in [5.74, 6) is 0.923. The van der Waals surface area contributed by atoms with Gasteiger partial charge in [-0.15, -0.1) is 0 Å². The molecule has 0 saturated carbocycles. The smallest absolute Gasteiger partial charge is 0.154 e. The molecule has 0 saturated heterocycles. The first-order valence-corrected chi connectivity index (χ1v) is 7.21.